The molecule has 0 aliphatic heterocycles. The standard InChI is InChI=1S/C20H26N2O4/c1-13(14-5-6-16-12-17(23)8-7-15(16)11-14)18(24)21-9-10-22-19(25)26-20(2,3)4/h5-8,11-13,23H,9-10H2,1-4H3,(H,21,24)(H,22,25). The average molecular weight is 358 g/mol. The van der Waals surface area contributed by atoms with Crippen LogP contribution in [0.2, 0.25) is 0 Å². The van der Waals surface area contributed by atoms with Gasteiger partial charge in [-0.1, -0.05) is 24.3 Å². The van der Waals surface area contributed by atoms with Gasteiger partial charge in [0.2, 0.25) is 5.91 Å². The van der Waals surface area contributed by atoms with E-state index in [4.69, 9.17) is 4.74 Å². The maximum absolute atomic E-state index is 12.3. The second-order valence-electron chi connectivity index (χ2n) is 7.23. The van der Waals surface area contributed by atoms with E-state index in [-0.39, 0.29) is 17.6 Å². The normalized spacial score (nSPS) is 12.5. The zero-order valence-corrected chi connectivity index (χ0v) is 15.6. The second-order valence-corrected chi connectivity index (χ2v) is 7.23. The minimum absolute atomic E-state index is 0.117. The van der Waals surface area contributed by atoms with Crippen molar-refractivity contribution in [1.82, 2.24) is 10.6 Å². The maximum Gasteiger partial charge on any atom is 0.407 e. The fourth-order valence-corrected chi connectivity index (χ4v) is 2.49. The summed E-state index contributed by atoms with van der Waals surface area (Å²) in [5.41, 5.74) is 0.343. The minimum atomic E-state index is -0.547. The number of hydrogen-bond acceptors (Lipinski definition) is 4. The van der Waals surface area contributed by atoms with Gasteiger partial charge in [-0.3, -0.25) is 4.79 Å². The number of ether oxygens (including phenoxy) is 1. The number of fused-ring (bicyclic) bond motifs is 1. The highest BCUT2D eigenvalue weighted by molar-refractivity contribution is 5.88. The molecule has 0 heterocycles. The number of carbonyl (C=O) groups is 2. The van der Waals surface area contributed by atoms with Crippen molar-refractivity contribution in [2.24, 2.45) is 0 Å². The summed E-state index contributed by atoms with van der Waals surface area (Å²) < 4.78 is 5.13. The van der Waals surface area contributed by atoms with Gasteiger partial charge in [0.1, 0.15) is 11.4 Å². The smallest absolute Gasteiger partial charge is 0.407 e. The zero-order chi connectivity index (χ0) is 19.3. The molecule has 0 saturated carbocycles. The first-order chi connectivity index (χ1) is 12.2. The van der Waals surface area contributed by atoms with Crippen molar-refractivity contribution >= 4 is 22.8 Å². The summed E-state index contributed by atoms with van der Waals surface area (Å²) in [6.07, 6.45) is -0.502. The quantitative estimate of drug-likeness (QED) is 0.716. The highest BCUT2D eigenvalue weighted by Crippen LogP contribution is 2.24. The Morgan fingerprint density at radius 3 is 2.35 bits per heavy atom. The Hall–Kier alpha value is -2.76. The van der Waals surface area contributed by atoms with Gasteiger partial charge in [0.25, 0.3) is 0 Å². The molecule has 1 unspecified atom stereocenters. The lowest BCUT2D eigenvalue weighted by Crippen LogP contribution is -2.38. The molecule has 0 spiro atoms. The van der Waals surface area contributed by atoms with Crippen LogP contribution >= 0.6 is 0 Å². The third kappa shape index (κ3) is 5.65. The summed E-state index contributed by atoms with van der Waals surface area (Å²) in [7, 11) is 0. The Morgan fingerprint density at radius 1 is 1.04 bits per heavy atom. The second kappa shape index (κ2) is 8.08. The number of nitrogens with one attached hydrogen (secondary N) is 2. The third-order valence-electron chi connectivity index (χ3n) is 3.83. The summed E-state index contributed by atoms with van der Waals surface area (Å²) in [5, 5.41) is 16.8. The van der Waals surface area contributed by atoms with Crippen LogP contribution in [0.5, 0.6) is 5.75 Å². The number of hydrogen-bond donors (Lipinski definition) is 3. The van der Waals surface area contributed by atoms with Crippen molar-refractivity contribution in [3.8, 4) is 5.75 Å². The lowest BCUT2D eigenvalue weighted by molar-refractivity contribution is -0.122. The molecular weight excluding hydrogens is 332 g/mol. The van der Waals surface area contributed by atoms with Crippen LogP contribution in [0, 0.1) is 0 Å². The number of rotatable bonds is 5. The van der Waals surface area contributed by atoms with Crippen molar-refractivity contribution in [1.29, 1.82) is 0 Å². The molecule has 0 radical (unpaired) electrons. The Bertz CT molecular complexity index is 796. The van der Waals surface area contributed by atoms with E-state index in [1.165, 1.54) is 0 Å². The first-order valence-electron chi connectivity index (χ1n) is 8.63. The Morgan fingerprint density at radius 2 is 1.65 bits per heavy atom. The number of carbonyl (C=O) groups excluding carboxylic acids is 2. The number of phenolic OH excluding ortho intramolecular Hbond substituents is 1. The van der Waals surface area contributed by atoms with Crippen molar-refractivity contribution < 1.29 is 19.4 Å². The van der Waals surface area contributed by atoms with Gasteiger partial charge < -0.3 is 20.5 Å². The van der Waals surface area contributed by atoms with Crippen molar-refractivity contribution in [3.05, 3.63) is 42.0 Å². The van der Waals surface area contributed by atoms with E-state index in [0.29, 0.717) is 13.1 Å². The number of alkyl carbamates (subject to hydrolysis) is 1. The van der Waals surface area contributed by atoms with Gasteiger partial charge in [-0.05, 0) is 56.2 Å². The van der Waals surface area contributed by atoms with Crippen LogP contribution in [0.15, 0.2) is 36.4 Å². The predicted octanol–water partition coefficient (Wildman–Crippen LogP) is 3.29. The molecule has 0 aliphatic rings. The molecule has 0 aliphatic carbocycles. The summed E-state index contributed by atoms with van der Waals surface area (Å²) >= 11 is 0. The molecule has 2 aromatic rings. The number of benzene rings is 2. The first kappa shape index (κ1) is 19.6. The molecule has 26 heavy (non-hydrogen) atoms. The fourth-order valence-electron chi connectivity index (χ4n) is 2.49. The highest BCUT2D eigenvalue weighted by atomic mass is 16.6. The van der Waals surface area contributed by atoms with Gasteiger partial charge >= 0.3 is 6.09 Å². The third-order valence-corrected chi connectivity index (χ3v) is 3.83. The van der Waals surface area contributed by atoms with Gasteiger partial charge in [-0.25, -0.2) is 4.79 Å². The van der Waals surface area contributed by atoms with E-state index in [2.05, 4.69) is 10.6 Å². The topological polar surface area (TPSA) is 87.7 Å². The highest BCUT2D eigenvalue weighted by Gasteiger charge is 2.17. The number of aromatic hydroxyl groups is 1. The van der Waals surface area contributed by atoms with E-state index >= 15 is 0 Å². The molecule has 0 bridgehead atoms. The number of amides is 2. The SMILES string of the molecule is CC(C(=O)NCCNC(=O)OC(C)(C)C)c1ccc2cc(O)ccc2c1. The van der Waals surface area contributed by atoms with Gasteiger partial charge in [-0.2, -0.15) is 0 Å². The molecule has 1 atom stereocenters. The zero-order valence-electron chi connectivity index (χ0n) is 15.6. The van der Waals surface area contributed by atoms with E-state index in [9.17, 15) is 14.7 Å². The van der Waals surface area contributed by atoms with Gasteiger partial charge in [0, 0.05) is 13.1 Å². The van der Waals surface area contributed by atoms with Gasteiger partial charge in [-0.15, -0.1) is 0 Å². The van der Waals surface area contributed by atoms with E-state index < -0.39 is 11.7 Å². The molecule has 2 rings (SSSR count). The predicted molar refractivity (Wildman–Crippen MR) is 101 cm³/mol. The van der Waals surface area contributed by atoms with Crippen LogP contribution in [-0.2, 0) is 9.53 Å². The van der Waals surface area contributed by atoms with Crippen LogP contribution < -0.4 is 10.6 Å². The molecular formula is C20H26N2O4. The average Bonchev–Trinajstić information content (AvgIpc) is 2.55. The maximum atomic E-state index is 12.3. The minimum Gasteiger partial charge on any atom is -0.508 e. The largest absolute Gasteiger partial charge is 0.508 e. The van der Waals surface area contributed by atoms with Crippen LogP contribution in [0.4, 0.5) is 4.79 Å². The molecule has 3 N–H and O–H groups in total. The van der Waals surface area contributed by atoms with Crippen LogP contribution in [-0.4, -0.2) is 35.8 Å². The van der Waals surface area contributed by atoms with Crippen molar-refractivity contribution in [2.45, 2.75) is 39.2 Å². The molecule has 0 saturated heterocycles. The molecule has 6 nitrogen and oxygen atoms in total. The molecule has 2 amide bonds. The summed E-state index contributed by atoms with van der Waals surface area (Å²) in [6, 6.07) is 10.8. The van der Waals surface area contributed by atoms with Crippen LogP contribution in [0.1, 0.15) is 39.2 Å². The molecule has 0 fully saturated rings. The van der Waals surface area contributed by atoms with Crippen LogP contribution in [0.3, 0.4) is 0 Å². The van der Waals surface area contributed by atoms with E-state index in [0.717, 1.165) is 16.3 Å². The monoisotopic (exact) mass is 358 g/mol. The van der Waals surface area contributed by atoms with Crippen LogP contribution in [0.25, 0.3) is 10.8 Å². The van der Waals surface area contributed by atoms with Gasteiger partial charge in [0.15, 0.2) is 0 Å². The Balaban J connectivity index is 1.86. The summed E-state index contributed by atoms with van der Waals surface area (Å²) in [5.74, 6) is -0.225. The Kier molecular flexibility index (Phi) is 6.08. The molecule has 0 aromatic heterocycles. The van der Waals surface area contributed by atoms with E-state index in [1.54, 1.807) is 32.9 Å². The van der Waals surface area contributed by atoms with Crippen molar-refractivity contribution in [3.63, 3.8) is 0 Å². The lowest BCUT2D eigenvalue weighted by atomic mass is 9.97. The first-order valence-corrected chi connectivity index (χ1v) is 8.63. The molecule has 2 aromatic carbocycles. The van der Waals surface area contributed by atoms with Crippen molar-refractivity contribution in [2.75, 3.05) is 13.1 Å². The fraction of sp³-hybridized carbons (Fsp3) is 0.400. The molecule has 6 heteroatoms. The summed E-state index contributed by atoms with van der Waals surface area (Å²) in [4.78, 5) is 23.9. The molecule has 140 valence electrons. The lowest BCUT2D eigenvalue weighted by Gasteiger charge is -2.20. The Labute approximate surface area is 153 Å². The van der Waals surface area contributed by atoms with Gasteiger partial charge in [0.05, 0.1) is 5.92 Å². The van der Waals surface area contributed by atoms with E-state index in [1.807, 2.05) is 31.2 Å². The summed E-state index contributed by atoms with van der Waals surface area (Å²) in [6.45, 7) is 7.83. The number of phenols is 1.